The van der Waals surface area contributed by atoms with Gasteiger partial charge in [0.25, 0.3) is 0 Å². The van der Waals surface area contributed by atoms with Crippen molar-refractivity contribution in [2.75, 3.05) is 12.4 Å². The Balaban J connectivity index is 2.97. The van der Waals surface area contributed by atoms with Crippen LogP contribution in [0.2, 0.25) is 0 Å². The Bertz CT molecular complexity index is 579. The van der Waals surface area contributed by atoms with Crippen molar-refractivity contribution >= 4 is 16.6 Å². The molecule has 0 aliphatic carbocycles. The highest BCUT2D eigenvalue weighted by molar-refractivity contribution is 5.94. The van der Waals surface area contributed by atoms with Gasteiger partial charge in [-0.2, -0.15) is 0 Å². The molecule has 1 N–H and O–H groups in total. The number of halogens is 2. The molecule has 0 unspecified atom stereocenters. The largest absolute Gasteiger partial charge is 0.387 e. The zero-order valence-electron chi connectivity index (χ0n) is 10.1. The summed E-state index contributed by atoms with van der Waals surface area (Å²) in [4.78, 5) is 4.21. The second kappa shape index (κ2) is 4.28. The first-order valence-electron chi connectivity index (χ1n) is 5.55. The number of hydrogen-bond acceptors (Lipinski definition) is 2. The summed E-state index contributed by atoms with van der Waals surface area (Å²) in [5, 5.41) is 3.16. The van der Waals surface area contributed by atoms with Crippen LogP contribution in [-0.2, 0) is 6.42 Å². The third-order valence-electron chi connectivity index (χ3n) is 2.97. The fraction of sp³-hybridized carbons (Fsp3) is 0.308. The van der Waals surface area contributed by atoms with Crippen molar-refractivity contribution in [2.45, 2.75) is 20.3 Å². The van der Waals surface area contributed by atoms with E-state index in [9.17, 15) is 8.78 Å². The molecule has 4 heteroatoms. The van der Waals surface area contributed by atoms with Crippen molar-refractivity contribution in [3.8, 4) is 0 Å². The number of anilines is 1. The zero-order chi connectivity index (χ0) is 12.6. The van der Waals surface area contributed by atoms with Gasteiger partial charge >= 0.3 is 0 Å². The van der Waals surface area contributed by atoms with E-state index in [0.29, 0.717) is 12.1 Å². The molecule has 17 heavy (non-hydrogen) atoms. The zero-order valence-corrected chi connectivity index (χ0v) is 10.1. The molecule has 0 spiro atoms. The smallest absolute Gasteiger partial charge is 0.149 e. The number of benzene rings is 1. The Kier molecular flexibility index (Phi) is 2.96. The number of aromatic nitrogens is 1. The van der Waals surface area contributed by atoms with E-state index in [1.165, 1.54) is 0 Å². The van der Waals surface area contributed by atoms with Crippen molar-refractivity contribution in [2.24, 2.45) is 0 Å². The molecule has 2 rings (SSSR count). The summed E-state index contributed by atoms with van der Waals surface area (Å²) in [5.74, 6) is -0.948. The fourth-order valence-electron chi connectivity index (χ4n) is 2.10. The minimum atomic E-state index is -0.493. The first kappa shape index (κ1) is 11.8. The van der Waals surface area contributed by atoms with E-state index < -0.39 is 11.6 Å². The summed E-state index contributed by atoms with van der Waals surface area (Å²) in [7, 11) is 1.70. The molecule has 0 amide bonds. The maximum Gasteiger partial charge on any atom is 0.149 e. The van der Waals surface area contributed by atoms with E-state index in [-0.39, 0.29) is 10.9 Å². The molecule has 0 bridgehead atoms. The van der Waals surface area contributed by atoms with Crippen molar-refractivity contribution in [3.63, 3.8) is 0 Å². The van der Waals surface area contributed by atoms with Gasteiger partial charge in [-0.05, 0) is 31.0 Å². The molecule has 0 aliphatic rings. The van der Waals surface area contributed by atoms with E-state index in [1.807, 2.05) is 13.8 Å². The van der Waals surface area contributed by atoms with Crippen LogP contribution >= 0.6 is 0 Å². The van der Waals surface area contributed by atoms with E-state index >= 15 is 0 Å². The van der Waals surface area contributed by atoms with Crippen LogP contribution in [0, 0.1) is 18.6 Å². The third-order valence-corrected chi connectivity index (χ3v) is 2.97. The minimum absolute atomic E-state index is 0.0943. The van der Waals surface area contributed by atoms with Gasteiger partial charge in [0.1, 0.15) is 17.2 Å². The third kappa shape index (κ3) is 1.73. The van der Waals surface area contributed by atoms with Gasteiger partial charge in [0.2, 0.25) is 0 Å². The maximum absolute atomic E-state index is 13.8. The average molecular weight is 236 g/mol. The van der Waals surface area contributed by atoms with E-state index in [2.05, 4.69) is 10.3 Å². The Morgan fingerprint density at radius 1 is 1.24 bits per heavy atom. The molecule has 1 aromatic heterocycles. The number of nitrogens with zero attached hydrogens (tertiary/aromatic N) is 1. The monoisotopic (exact) mass is 236 g/mol. The lowest BCUT2D eigenvalue weighted by Crippen LogP contribution is -2.03. The van der Waals surface area contributed by atoms with E-state index in [0.717, 1.165) is 23.4 Å². The SMILES string of the molecule is CCc1nc2c(F)ccc(F)c2c(NC)c1C. The lowest BCUT2D eigenvalue weighted by Gasteiger charge is -2.14. The van der Waals surface area contributed by atoms with Gasteiger partial charge in [0.05, 0.1) is 11.1 Å². The Morgan fingerprint density at radius 3 is 2.47 bits per heavy atom. The highest BCUT2D eigenvalue weighted by atomic mass is 19.1. The van der Waals surface area contributed by atoms with Crippen molar-refractivity contribution in [1.29, 1.82) is 0 Å². The quantitative estimate of drug-likeness (QED) is 0.864. The molecule has 0 fully saturated rings. The molecule has 90 valence electrons. The average Bonchev–Trinajstić information content (AvgIpc) is 2.33. The topological polar surface area (TPSA) is 24.9 Å². The van der Waals surface area contributed by atoms with Crippen LogP contribution in [0.4, 0.5) is 14.5 Å². The second-order valence-corrected chi connectivity index (χ2v) is 3.91. The van der Waals surface area contributed by atoms with E-state index in [4.69, 9.17) is 0 Å². The number of hydrogen-bond donors (Lipinski definition) is 1. The molecule has 2 nitrogen and oxygen atoms in total. The predicted molar refractivity (Wildman–Crippen MR) is 65.3 cm³/mol. The fourth-order valence-corrected chi connectivity index (χ4v) is 2.10. The van der Waals surface area contributed by atoms with Crippen LogP contribution in [0.1, 0.15) is 18.2 Å². The van der Waals surface area contributed by atoms with Crippen LogP contribution < -0.4 is 5.32 Å². The van der Waals surface area contributed by atoms with Gasteiger partial charge in [-0.15, -0.1) is 0 Å². The Morgan fingerprint density at radius 2 is 1.88 bits per heavy atom. The van der Waals surface area contributed by atoms with Crippen LogP contribution in [0.5, 0.6) is 0 Å². The standard InChI is InChI=1S/C13H14F2N2/c1-4-10-7(2)12(16-3)11-8(14)5-6-9(15)13(11)17-10/h5-6H,4H2,1-3H3,(H,16,17). The van der Waals surface area contributed by atoms with Crippen molar-refractivity contribution in [3.05, 3.63) is 35.0 Å². The number of fused-ring (bicyclic) bond motifs is 1. The first-order valence-corrected chi connectivity index (χ1v) is 5.55. The number of pyridine rings is 1. The summed E-state index contributed by atoms with van der Waals surface area (Å²) in [6, 6.07) is 2.24. The molecular weight excluding hydrogens is 222 g/mol. The molecule has 0 radical (unpaired) electrons. The number of aryl methyl sites for hydroxylation is 1. The van der Waals surface area contributed by atoms with Gasteiger partial charge in [0, 0.05) is 12.7 Å². The summed E-state index contributed by atoms with van der Waals surface area (Å²) in [6.45, 7) is 3.80. The molecule has 0 saturated carbocycles. The Hall–Kier alpha value is -1.71. The molecular formula is C13H14F2N2. The van der Waals surface area contributed by atoms with Gasteiger partial charge in [-0.25, -0.2) is 13.8 Å². The predicted octanol–water partition coefficient (Wildman–Crippen LogP) is 3.43. The summed E-state index contributed by atoms with van der Waals surface area (Å²) < 4.78 is 27.5. The van der Waals surface area contributed by atoms with Crippen molar-refractivity contribution in [1.82, 2.24) is 4.98 Å². The highest BCUT2D eigenvalue weighted by Gasteiger charge is 2.16. The van der Waals surface area contributed by atoms with Crippen LogP contribution in [-0.4, -0.2) is 12.0 Å². The molecule has 0 saturated heterocycles. The maximum atomic E-state index is 13.8. The molecule has 1 aromatic carbocycles. The van der Waals surface area contributed by atoms with Gasteiger partial charge in [-0.1, -0.05) is 6.92 Å². The van der Waals surface area contributed by atoms with E-state index in [1.54, 1.807) is 7.05 Å². The summed E-state index contributed by atoms with van der Waals surface area (Å²) >= 11 is 0. The number of rotatable bonds is 2. The summed E-state index contributed by atoms with van der Waals surface area (Å²) in [5.41, 5.74) is 2.36. The minimum Gasteiger partial charge on any atom is -0.387 e. The lowest BCUT2D eigenvalue weighted by molar-refractivity contribution is 0.615. The first-order chi connectivity index (χ1) is 8.10. The lowest BCUT2D eigenvalue weighted by atomic mass is 10.0. The Labute approximate surface area is 98.7 Å². The summed E-state index contributed by atoms with van der Waals surface area (Å²) in [6.07, 6.45) is 0.687. The van der Waals surface area contributed by atoms with Crippen LogP contribution in [0.15, 0.2) is 12.1 Å². The highest BCUT2D eigenvalue weighted by Crippen LogP contribution is 2.31. The molecule has 1 heterocycles. The normalized spacial score (nSPS) is 10.9. The van der Waals surface area contributed by atoms with Gasteiger partial charge in [-0.3, -0.25) is 0 Å². The second-order valence-electron chi connectivity index (χ2n) is 3.91. The van der Waals surface area contributed by atoms with Crippen LogP contribution in [0.3, 0.4) is 0 Å². The molecule has 2 aromatic rings. The van der Waals surface area contributed by atoms with Gasteiger partial charge < -0.3 is 5.32 Å². The van der Waals surface area contributed by atoms with Crippen molar-refractivity contribution < 1.29 is 8.78 Å². The molecule has 0 aliphatic heterocycles. The number of nitrogens with one attached hydrogen (secondary N) is 1. The van der Waals surface area contributed by atoms with Gasteiger partial charge in [0.15, 0.2) is 0 Å². The molecule has 0 atom stereocenters. The van der Waals surface area contributed by atoms with Crippen LogP contribution in [0.25, 0.3) is 10.9 Å².